The predicted octanol–water partition coefficient (Wildman–Crippen LogP) is 2.89. The summed E-state index contributed by atoms with van der Waals surface area (Å²) in [7, 11) is 1.84. The van der Waals surface area contributed by atoms with E-state index in [4.69, 9.17) is 9.72 Å². The van der Waals surface area contributed by atoms with Crippen LogP contribution in [0.4, 0.5) is 26.6 Å². The number of pyridine rings is 2. The summed E-state index contributed by atoms with van der Waals surface area (Å²) in [6.07, 6.45) is -0.642. The van der Waals surface area contributed by atoms with E-state index in [0.717, 1.165) is 23.6 Å². The van der Waals surface area contributed by atoms with Gasteiger partial charge in [-0.25, -0.2) is 19.2 Å². The van der Waals surface area contributed by atoms with E-state index in [1.165, 1.54) is 4.90 Å². The maximum Gasteiger partial charge on any atom is 0.416 e. The van der Waals surface area contributed by atoms with Crippen molar-refractivity contribution in [2.75, 3.05) is 41.6 Å². The number of hydrogen-bond donors (Lipinski definition) is 1. The number of nitrogens with zero attached hydrogens (tertiary/aromatic N) is 5. The van der Waals surface area contributed by atoms with Crippen LogP contribution in [0.25, 0.3) is 0 Å². The lowest BCUT2D eigenvalue weighted by Gasteiger charge is -2.27. The molecule has 33 heavy (non-hydrogen) atoms. The Morgan fingerprint density at radius 3 is 2.70 bits per heavy atom. The fourth-order valence-corrected chi connectivity index (χ4v) is 4.34. The number of ether oxygens (including phenoxy) is 1. The quantitative estimate of drug-likeness (QED) is 0.653. The summed E-state index contributed by atoms with van der Waals surface area (Å²) in [4.78, 5) is 39.9. The van der Waals surface area contributed by atoms with Gasteiger partial charge in [0.15, 0.2) is 0 Å². The number of amides is 2. The molecule has 0 radical (unpaired) electrons. The monoisotopic (exact) mass is 456 g/mol. The fourth-order valence-electron chi connectivity index (χ4n) is 4.34. The molecule has 2 aromatic rings. The number of rotatable bonds is 8. The van der Waals surface area contributed by atoms with E-state index in [-0.39, 0.29) is 24.4 Å². The molecule has 0 aromatic carbocycles. The molecule has 0 saturated carbocycles. The van der Waals surface area contributed by atoms with Gasteiger partial charge in [-0.1, -0.05) is 6.07 Å². The third-order valence-electron chi connectivity index (χ3n) is 5.97. The van der Waals surface area contributed by atoms with E-state index in [9.17, 15) is 14.0 Å². The van der Waals surface area contributed by atoms with Crippen LogP contribution in [0.3, 0.4) is 0 Å². The second-order valence-electron chi connectivity index (χ2n) is 8.36. The van der Waals surface area contributed by atoms with E-state index >= 15 is 0 Å². The summed E-state index contributed by atoms with van der Waals surface area (Å²) >= 11 is 0. The van der Waals surface area contributed by atoms with Crippen molar-refractivity contribution in [3.8, 4) is 0 Å². The molecule has 1 saturated heterocycles. The van der Waals surface area contributed by atoms with Gasteiger partial charge in [-0.2, -0.15) is 0 Å². The van der Waals surface area contributed by atoms with Gasteiger partial charge in [0.05, 0.1) is 17.8 Å². The molecule has 0 aliphatic carbocycles. The van der Waals surface area contributed by atoms with E-state index in [2.05, 4.69) is 36.0 Å². The average molecular weight is 457 g/mol. The van der Waals surface area contributed by atoms with Crippen LogP contribution in [0.2, 0.25) is 0 Å². The minimum absolute atomic E-state index is 0.0269. The normalized spacial score (nSPS) is 17.7. The Morgan fingerprint density at radius 1 is 1.27 bits per heavy atom. The zero-order valence-electron chi connectivity index (χ0n) is 19.3. The minimum Gasteiger partial charge on any atom is -0.447 e. The molecule has 0 unspecified atom stereocenters. The highest BCUT2D eigenvalue weighted by atomic mass is 19.1. The van der Waals surface area contributed by atoms with Crippen molar-refractivity contribution in [1.82, 2.24) is 15.3 Å². The van der Waals surface area contributed by atoms with Gasteiger partial charge in [0, 0.05) is 24.7 Å². The Labute approximate surface area is 192 Å². The van der Waals surface area contributed by atoms with Crippen molar-refractivity contribution in [2.24, 2.45) is 0 Å². The molecule has 10 heteroatoms. The molecule has 4 rings (SSSR count). The first-order valence-corrected chi connectivity index (χ1v) is 11.1. The molecule has 1 fully saturated rings. The van der Waals surface area contributed by atoms with Gasteiger partial charge in [-0.05, 0) is 46.0 Å². The van der Waals surface area contributed by atoms with Crippen LogP contribution in [-0.2, 0) is 17.8 Å². The van der Waals surface area contributed by atoms with Gasteiger partial charge >= 0.3 is 6.09 Å². The van der Waals surface area contributed by atoms with Gasteiger partial charge in [0.1, 0.15) is 36.8 Å². The number of cyclic esters (lactones) is 1. The molecule has 2 aromatic heterocycles. The number of alkyl halides is 1. The second kappa shape index (κ2) is 9.30. The standard InChI is InChI=1S/C23H29FN6O3/c1-5-28(14(2)3)21-9-16-17(18(26-21)11-25-4)12-29(22(16)31)19-7-6-8-20(27-19)30-15(10-24)13-33-23(30)32/h6-9,14-15,25H,5,10-13H2,1-4H3/t15-/m0/s1. The number of carbonyl (C=O) groups is 2. The SMILES string of the molecule is CCN(c1cc2c(c(CNC)n1)CN(c1cccc(N3C(=O)OC[C@@H]3CF)n1)C2=O)C(C)C. The van der Waals surface area contributed by atoms with Crippen molar-refractivity contribution in [1.29, 1.82) is 0 Å². The fraction of sp³-hybridized carbons (Fsp3) is 0.478. The number of halogens is 1. The molecule has 2 aliphatic rings. The summed E-state index contributed by atoms with van der Waals surface area (Å²) in [6, 6.07) is 6.37. The van der Waals surface area contributed by atoms with E-state index in [1.807, 2.05) is 13.1 Å². The summed E-state index contributed by atoms with van der Waals surface area (Å²) in [6.45, 7) is 7.09. The maximum atomic E-state index is 13.5. The molecule has 0 bridgehead atoms. The first-order chi connectivity index (χ1) is 15.9. The minimum atomic E-state index is -0.739. The Hall–Kier alpha value is -3.27. The molecule has 2 amide bonds. The second-order valence-corrected chi connectivity index (χ2v) is 8.36. The number of aromatic nitrogens is 2. The number of fused-ring (bicyclic) bond motifs is 1. The molecule has 0 spiro atoms. The van der Waals surface area contributed by atoms with Gasteiger partial charge in [0.2, 0.25) is 0 Å². The van der Waals surface area contributed by atoms with Gasteiger partial charge < -0.3 is 15.0 Å². The lowest BCUT2D eigenvalue weighted by Crippen LogP contribution is -2.36. The Balaban J connectivity index is 1.70. The van der Waals surface area contributed by atoms with Crippen molar-refractivity contribution in [3.05, 3.63) is 41.1 Å². The average Bonchev–Trinajstić information content (AvgIpc) is 3.34. The van der Waals surface area contributed by atoms with Crippen LogP contribution in [0.1, 0.15) is 42.4 Å². The predicted molar refractivity (Wildman–Crippen MR) is 123 cm³/mol. The zero-order chi connectivity index (χ0) is 23.7. The Kier molecular flexibility index (Phi) is 6.46. The third-order valence-corrected chi connectivity index (χ3v) is 5.97. The van der Waals surface area contributed by atoms with Crippen molar-refractivity contribution in [3.63, 3.8) is 0 Å². The highest BCUT2D eigenvalue weighted by molar-refractivity contribution is 6.10. The van der Waals surface area contributed by atoms with Crippen LogP contribution in [0, 0.1) is 0 Å². The number of carbonyl (C=O) groups excluding carboxylic acids is 2. The van der Waals surface area contributed by atoms with E-state index < -0.39 is 18.8 Å². The first-order valence-electron chi connectivity index (χ1n) is 11.1. The zero-order valence-corrected chi connectivity index (χ0v) is 19.3. The lowest BCUT2D eigenvalue weighted by molar-refractivity contribution is 0.0996. The van der Waals surface area contributed by atoms with Gasteiger partial charge in [0.25, 0.3) is 5.91 Å². The number of nitrogens with one attached hydrogen (secondary N) is 1. The summed E-state index contributed by atoms with van der Waals surface area (Å²) in [5, 5.41) is 3.14. The van der Waals surface area contributed by atoms with Crippen LogP contribution < -0.4 is 20.0 Å². The Morgan fingerprint density at radius 2 is 2.03 bits per heavy atom. The lowest BCUT2D eigenvalue weighted by atomic mass is 10.1. The number of hydrogen-bond acceptors (Lipinski definition) is 7. The van der Waals surface area contributed by atoms with Crippen molar-refractivity contribution >= 4 is 29.5 Å². The molecule has 1 atom stereocenters. The van der Waals surface area contributed by atoms with Gasteiger partial charge in [-0.3, -0.25) is 14.6 Å². The first kappa shape index (κ1) is 22.9. The van der Waals surface area contributed by atoms with E-state index in [1.54, 1.807) is 23.1 Å². The smallest absolute Gasteiger partial charge is 0.416 e. The summed E-state index contributed by atoms with van der Waals surface area (Å²) in [5.41, 5.74) is 2.27. The molecule has 2 aliphatic heterocycles. The highest BCUT2D eigenvalue weighted by Gasteiger charge is 2.37. The topological polar surface area (TPSA) is 90.9 Å². The molecule has 4 heterocycles. The Bertz CT molecular complexity index is 1060. The van der Waals surface area contributed by atoms with Crippen LogP contribution in [-0.4, -0.2) is 60.9 Å². The molecular formula is C23H29FN6O3. The van der Waals surface area contributed by atoms with Crippen molar-refractivity contribution < 1.29 is 18.7 Å². The number of anilines is 3. The molecule has 1 N–H and O–H groups in total. The molecule has 176 valence electrons. The summed E-state index contributed by atoms with van der Waals surface area (Å²) in [5.74, 6) is 1.23. The largest absolute Gasteiger partial charge is 0.447 e. The molecule has 9 nitrogen and oxygen atoms in total. The van der Waals surface area contributed by atoms with E-state index in [0.29, 0.717) is 24.5 Å². The third kappa shape index (κ3) is 4.10. The van der Waals surface area contributed by atoms with Crippen LogP contribution in [0.15, 0.2) is 24.3 Å². The van der Waals surface area contributed by atoms with Gasteiger partial charge in [-0.15, -0.1) is 0 Å². The van der Waals surface area contributed by atoms with Crippen LogP contribution in [0.5, 0.6) is 0 Å². The maximum absolute atomic E-state index is 13.5. The van der Waals surface area contributed by atoms with Crippen molar-refractivity contribution in [2.45, 2.75) is 45.9 Å². The summed E-state index contributed by atoms with van der Waals surface area (Å²) < 4.78 is 18.3. The highest BCUT2D eigenvalue weighted by Crippen LogP contribution is 2.33. The van der Waals surface area contributed by atoms with Crippen LogP contribution >= 0.6 is 0 Å². The molecular weight excluding hydrogens is 427 g/mol.